The second-order valence-electron chi connectivity index (χ2n) is 5.39. The summed E-state index contributed by atoms with van der Waals surface area (Å²) in [6, 6.07) is 11.8. The number of ether oxygens (including phenoxy) is 1. The van der Waals surface area contributed by atoms with Crippen molar-refractivity contribution in [2.75, 3.05) is 19.0 Å². The van der Waals surface area contributed by atoms with Gasteiger partial charge in [0.25, 0.3) is 5.91 Å². The minimum Gasteiger partial charge on any atom is -0.495 e. The summed E-state index contributed by atoms with van der Waals surface area (Å²) in [5.74, 6) is -0.588. The Balaban J connectivity index is 1.72. The first kappa shape index (κ1) is 19.7. The molecule has 0 unspecified atom stereocenters. The van der Waals surface area contributed by atoms with Crippen molar-refractivity contribution in [2.24, 2.45) is 0 Å². The number of hydrazine groups is 1. The molecule has 0 atom stereocenters. The van der Waals surface area contributed by atoms with E-state index in [2.05, 4.69) is 32.1 Å². The molecule has 0 aliphatic rings. The normalized spacial score (nSPS) is 10.1. The first-order valence-corrected chi connectivity index (χ1v) is 8.67. The van der Waals surface area contributed by atoms with Crippen molar-refractivity contribution >= 4 is 33.4 Å². The predicted octanol–water partition coefficient (Wildman–Crippen LogP) is 2.79. The van der Waals surface area contributed by atoms with Gasteiger partial charge in [0, 0.05) is 10.9 Å². The van der Waals surface area contributed by atoms with Gasteiger partial charge in [-0.25, -0.2) is 4.39 Å². The number of methoxy groups -OCH3 is 1. The van der Waals surface area contributed by atoms with Crippen LogP contribution in [0.3, 0.4) is 0 Å². The number of hydrogen-bond acceptors (Lipinski definition) is 4. The fraction of sp³-hybridized carbons (Fsp3) is 0.222. The van der Waals surface area contributed by atoms with Crippen molar-refractivity contribution in [3.63, 3.8) is 0 Å². The Bertz CT molecular complexity index is 786. The number of rotatable bonds is 7. The molecule has 2 aromatic rings. The maximum absolute atomic E-state index is 13.7. The average Bonchev–Trinajstić information content (AvgIpc) is 2.64. The van der Waals surface area contributed by atoms with Gasteiger partial charge in [0.2, 0.25) is 5.91 Å². The zero-order valence-electron chi connectivity index (χ0n) is 14.1. The molecule has 0 fully saturated rings. The average molecular weight is 424 g/mol. The van der Waals surface area contributed by atoms with Gasteiger partial charge in [0.1, 0.15) is 11.6 Å². The molecule has 0 radical (unpaired) electrons. The van der Waals surface area contributed by atoms with E-state index in [4.69, 9.17) is 4.74 Å². The largest absolute Gasteiger partial charge is 0.495 e. The van der Waals surface area contributed by atoms with Crippen LogP contribution < -0.4 is 20.9 Å². The molecule has 8 heteroatoms. The van der Waals surface area contributed by atoms with Crippen LogP contribution in [0.5, 0.6) is 5.75 Å². The highest BCUT2D eigenvalue weighted by molar-refractivity contribution is 9.10. The van der Waals surface area contributed by atoms with Gasteiger partial charge in [-0.1, -0.05) is 34.1 Å². The SMILES string of the molecule is COc1ccccc1NCC(=O)NNC(=O)CCc1ccc(Br)cc1F. The maximum Gasteiger partial charge on any atom is 0.257 e. The fourth-order valence-corrected chi connectivity index (χ4v) is 2.52. The Morgan fingerprint density at radius 2 is 1.85 bits per heavy atom. The number of aryl methyl sites for hydroxylation is 1. The van der Waals surface area contributed by atoms with Gasteiger partial charge in [0.05, 0.1) is 19.3 Å². The summed E-state index contributed by atoms with van der Waals surface area (Å²) in [6.07, 6.45) is 0.291. The van der Waals surface area contributed by atoms with E-state index in [0.717, 1.165) is 0 Å². The van der Waals surface area contributed by atoms with Crippen LogP contribution in [0.2, 0.25) is 0 Å². The lowest BCUT2D eigenvalue weighted by molar-refractivity contribution is -0.128. The first-order chi connectivity index (χ1) is 12.5. The van der Waals surface area contributed by atoms with Crippen LogP contribution in [0, 0.1) is 5.82 Å². The summed E-state index contributed by atoms with van der Waals surface area (Å²) in [6.45, 7) is -0.0397. The summed E-state index contributed by atoms with van der Waals surface area (Å²) in [5, 5.41) is 2.92. The minimum atomic E-state index is -0.418. The number of para-hydroxylation sites is 2. The lowest BCUT2D eigenvalue weighted by Crippen LogP contribution is -2.44. The Kier molecular flexibility index (Phi) is 7.40. The highest BCUT2D eigenvalue weighted by Gasteiger charge is 2.09. The van der Waals surface area contributed by atoms with Gasteiger partial charge in [-0.15, -0.1) is 0 Å². The molecular formula is C18H19BrFN3O3. The first-order valence-electron chi connectivity index (χ1n) is 7.88. The molecule has 0 saturated heterocycles. The van der Waals surface area contributed by atoms with E-state index in [1.807, 2.05) is 12.1 Å². The zero-order chi connectivity index (χ0) is 18.9. The van der Waals surface area contributed by atoms with Crippen molar-refractivity contribution in [3.8, 4) is 5.75 Å². The smallest absolute Gasteiger partial charge is 0.257 e. The van der Waals surface area contributed by atoms with Crippen molar-refractivity contribution in [3.05, 3.63) is 58.3 Å². The van der Waals surface area contributed by atoms with E-state index in [-0.39, 0.29) is 25.2 Å². The molecule has 3 N–H and O–H groups in total. The Morgan fingerprint density at radius 3 is 2.58 bits per heavy atom. The Hall–Kier alpha value is -2.61. The lowest BCUT2D eigenvalue weighted by atomic mass is 10.1. The molecule has 138 valence electrons. The van der Waals surface area contributed by atoms with Gasteiger partial charge < -0.3 is 10.1 Å². The van der Waals surface area contributed by atoms with Crippen LogP contribution in [0.25, 0.3) is 0 Å². The van der Waals surface area contributed by atoms with E-state index in [1.54, 1.807) is 24.3 Å². The van der Waals surface area contributed by atoms with Crippen LogP contribution in [-0.2, 0) is 16.0 Å². The standard InChI is InChI=1S/C18H19BrFN3O3/c1-26-16-5-3-2-4-15(16)21-11-18(25)23-22-17(24)9-7-12-6-8-13(19)10-14(12)20/h2-6,8,10,21H,7,9,11H2,1H3,(H,22,24)(H,23,25). The van der Waals surface area contributed by atoms with E-state index in [0.29, 0.717) is 21.5 Å². The summed E-state index contributed by atoms with van der Waals surface area (Å²) in [7, 11) is 1.54. The van der Waals surface area contributed by atoms with Crippen LogP contribution in [0.4, 0.5) is 10.1 Å². The number of halogens is 2. The monoisotopic (exact) mass is 423 g/mol. The van der Waals surface area contributed by atoms with Gasteiger partial charge in [-0.05, 0) is 36.2 Å². The molecule has 0 aliphatic heterocycles. The van der Waals surface area contributed by atoms with Crippen molar-refractivity contribution in [1.29, 1.82) is 0 Å². The quantitative estimate of drug-likeness (QED) is 0.598. The van der Waals surface area contributed by atoms with Crippen molar-refractivity contribution < 1.29 is 18.7 Å². The van der Waals surface area contributed by atoms with Gasteiger partial charge in [-0.2, -0.15) is 0 Å². The molecule has 0 aromatic heterocycles. The van der Waals surface area contributed by atoms with Crippen molar-refractivity contribution in [1.82, 2.24) is 10.9 Å². The topological polar surface area (TPSA) is 79.5 Å². The Labute approximate surface area is 159 Å². The van der Waals surface area contributed by atoms with Crippen LogP contribution >= 0.6 is 15.9 Å². The predicted molar refractivity (Wildman–Crippen MR) is 100 cm³/mol. The van der Waals surface area contributed by atoms with E-state index in [1.165, 1.54) is 13.2 Å². The van der Waals surface area contributed by atoms with Crippen molar-refractivity contribution in [2.45, 2.75) is 12.8 Å². The summed E-state index contributed by atoms with van der Waals surface area (Å²) in [5.41, 5.74) is 5.72. The van der Waals surface area contributed by atoms with Gasteiger partial charge in [0.15, 0.2) is 0 Å². The number of anilines is 1. The van der Waals surface area contributed by atoms with E-state index in [9.17, 15) is 14.0 Å². The second kappa shape index (κ2) is 9.76. The molecule has 2 amide bonds. The molecule has 2 aromatic carbocycles. The maximum atomic E-state index is 13.7. The highest BCUT2D eigenvalue weighted by Crippen LogP contribution is 2.22. The Morgan fingerprint density at radius 1 is 1.12 bits per heavy atom. The summed E-state index contributed by atoms with van der Waals surface area (Å²) in [4.78, 5) is 23.6. The van der Waals surface area contributed by atoms with Gasteiger partial charge >= 0.3 is 0 Å². The zero-order valence-corrected chi connectivity index (χ0v) is 15.7. The molecule has 0 aliphatic carbocycles. The minimum absolute atomic E-state index is 0.0397. The molecule has 6 nitrogen and oxygen atoms in total. The molecule has 0 spiro atoms. The summed E-state index contributed by atoms with van der Waals surface area (Å²) < 4.78 is 19.5. The molecule has 0 heterocycles. The highest BCUT2D eigenvalue weighted by atomic mass is 79.9. The molecule has 0 bridgehead atoms. The van der Waals surface area contributed by atoms with Crippen LogP contribution in [0.1, 0.15) is 12.0 Å². The second-order valence-corrected chi connectivity index (χ2v) is 6.30. The van der Waals surface area contributed by atoms with Crippen LogP contribution in [0.15, 0.2) is 46.9 Å². The number of carbonyl (C=O) groups excluding carboxylic acids is 2. The van der Waals surface area contributed by atoms with Gasteiger partial charge in [-0.3, -0.25) is 20.4 Å². The molecule has 2 rings (SSSR count). The fourth-order valence-electron chi connectivity index (χ4n) is 2.18. The summed E-state index contributed by atoms with van der Waals surface area (Å²) >= 11 is 3.18. The third kappa shape index (κ3) is 6.03. The molecular weight excluding hydrogens is 405 g/mol. The number of hydrogen-bond donors (Lipinski definition) is 3. The number of carbonyl (C=O) groups is 2. The molecule has 26 heavy (non-hydrogen) atoms. The third-order valence-corrected chi connectivity index (χ3v) is 4.02. The van der Waals surface area contributed by atoms with E-state index >= 15 is 0 Å². The number of nitrogens with one attached hydrogen (secondary N) is 3. The lowest BCUT2D eigenvalue weighted by Gasteiger charge is -2.11. The third-order valence-electron chi connectivity index (χ3n) is 3.52. The number of amides is 2. The van der Waals surface area contributed by atoms with Crippen LogP contribution in [-0.4, -0.2) is 25.5 Å². The van der Waals surface area contributed by atoms with E-state index < -0.39 is 11.8 Å². The number of benzene rings is 2. The molecule has 0 saturated carbocycles.